The van der Waals surface area contributed by atoms with Crippen LogP contribution in [0.25, 0.3) is 0 Å². The third kappa shape index (κ3) is 4.85. The average molecular weight is 393 g/mol. The predicted molar refractivity (Wildman–Crippen MR) is 105 cm³/mol. The molecule has 0 saturated heterocycles. The third-order valence-corrected chi connectivity index (χ3v) is 4.57. The Morgan fingerprint density at radius 1 is 1.20 bits per heavy atom. The van der Waals surface area contributed by atoms with Crippen molar-refractivity contribution in [3.05, 3.63) is 69.0 Å². The van der Waals surface area contributed by atoms with Crippen molar-refractivity contribution in [2.24, 2.45) is 5.10 Å². The second kappa shape index (κ2) is 8.20. The van der Waals surface area contributed by atoms with Crippen molar-refractivity contribution in [1.29, 1.82) is 0 Å². The third-order valence-electron chi connectivity index (χ3n) is 3.18. The molecule has 5 nitrogen and oxygen atoms in total. The summed E-state index contributed by atoms with van der Waals surface area (Å²) in [6, 6.07) is 13.3. The van der Waals surface area contributed by atoms with E-state index in [2.05, 4.69) is 15.5 Å². The highest BCUT2D eigenvalue weighted by molar-refractivity contribution is 7.14. The number of hydrogen-bond donors (Lipinski definition) is 2. The van der Waals surface area contributed by atoms with Crippen LogP contribution in [0, 0.1) is 0 Å². The first-order valence-electron chi connectivity index (χ1n) is 7.27. The van der Waals surface area contributed by atoms with Crippen LogP contribution in [0.4, 0.5) is 10.9 Å². The second-order valence-corrected chi connectivity index (χ2v) is 6.69. The van der Waals surface area contributed by atoms with Gasteiger partial charge in [-0.1, -0.05) is 53.5 Å². The highest BCUT2D eigenvalue weighted by atomic mass is 35.5. The first kappa shape index (κ1) is 17.5. The van der Waals surface area contributed by atoms with Crippen LogP contribution in [0.1, 0.15) is 11.1 Å². The molecule has 0 bridgehead atoms. The zero-order valence-corrected chi connectivity index (χ0v) is 15.3. The Hall–Kier alpha value is -2.28. The smallest absolute Gasteiger partial charge is 0.205 e. The van der Waals surface area contributed by atoms with Gasteiger partial charge in [-0.3, -0.25) is 5.43 Å². The van der Waals surface area contributed by atoms with E-state index in [1.165, 1.54) is 17.6 Å². The fourth-order valence-corrected chi connectivity index (χ4v) is 3.11. The molecular weight excluding hydrogens is 379 g/mol. The molecule has 0 spiro atoms. The van der Waals surface area contributed by atoms with Crippen LogP contribution >= 0.6 is 34.5 Å². The number of nitrogens with zero attached hydrogens (tertiary/aromatic N) is 2. The van der Waals surface area contributed by atoms with Gasteiger partial charge in [0.2, 0.25) is 5.13 Å². The standard InChI is InChI=1S/C17H14Cl2N4OS/c18-14-6-12(24-9-11-4-2-1-3-5-11)7-15(19)13(14)8-21-23-17-22-16(20)10-25-17/h1-8,10H,9,20H2,(H,22,23). The van der Waals surface area contributed by atoms with E-state index in [-0.39, 0.29) is 0 Å². The summed E-state index contributed by atoms with van der Waals surface area (Å²) in [5.74, 6) is 1.04. The molecule has 0 unspecified atom stereocenters. The SMILES string of the molecule is Nc1csc(NN=Cc2c(Cl)cc(OCc3ccccc3)cc2Cl)n1. The molecule has 0 radical (unpaired) electrons. The number of aromatic nitrogens is 1. The van der Waals surface area contributed by atoms with Gasteiger partial charge >= 0.3 is 0 Å². The van der Waals surface area contributed by atoms with Gasteiger partial charge in [0.1, 0.15) is 18.2 Å². The Bertz CT molecular complexity index is 860. The molecule has 0 aliphatic heterocycles. The number of nitrogen functional groups attached to an aromatic ring is 1. The molecule has 1 heterocycles. The van der Waals surface area contributed by atoms with E-state index in [0.717, 1.165) is 5.56 Å². The minimum atomic E-state index is 0.438. The Labute approximate surface area is 159 Å². The monoisotopic (exact) mass is 392 g/mol. The molecular formula is C17H14Cl2N4OS. The van der Waals surface area contributed by atoms with Gasteiger partial charge in [0.15, 0.2) is 0 Å². The lowest BCUT2D eigenvalue weighted by atomic mass is 10.2. The molecule has 128 valence electrons. The summed E-state index contributed by atoms with van der Waals surface area (Å²) in [5, 5.41) is 7.27. The van der Waals surface area contributed by atoms with Gasteiger partial charge < -0.3 is 10.5 Å². The number of ether oxygens (including phenoxy) is 1. The number of nitrogens with two attached hydrogens (primary N) is 1. The number of halogens is 2. The summed E-state index contributed by atoms with van der Waals surface area (Å²) in [7, 11) is 0. The van der Waals surface area contributed by atoms with Crippen LogP contribution in [0.3, 0.4) is 0 Å². The molecule has 0 fully saturated rings. The normalized spacial score (nSPS) is 11.0. The summed E-state index contributed by atoms with van der Waals surface area (Å²) in [6.07, 6.45) is 1.53. The number of thiazole rings is 1. The van der Waals surface area contributed by atoms with Crippen molar-refractivity contribution in [1.82, 2.24) is 4.98 Å². The molecule has 3 N–H and O–H groups in total. The minimum absolute atomic E-state index is 0.438. The zero-order chi connectivity index (χ0) is 17.6. The molecule has 0 aliphatic rings. The van der Waals surface area contributed by atoms with Crippen molar-refractivity contribution >= 4 is 51.7 Å². The maximum Gasteiger partial charge on any atom is 0.205 e. The van der Waals surface area contributed by atoms with E-state index in [0.29, 0.717) is 38.9 Å². The van der Waals surface area contributed by atoms with Crippen LogP contribution in [-0.2, 0) is 6.61 Å². The lowest BCUT2D eigenvalue weighted by molar-refractivity contribution is 0.306. The molecule has 3 rings (SSSR count). The summed E-state index contributed by atoms with van der Waals surface area (Å²) in [4.78, 5) is 4.04. The Balaban J connectivity index is 1.67. The van der Waals surface area contributed by atoms with Gasteiger partial charge in [-0.25, -0.2) is 4.98 Å². The molecule has 8 heteroatoms. The molecule has 25 heavy (non-hydrogen) atoms. The van der Waals surface area contributed by atoms with Crippen molar-refractivity contribution in [2.45, 2.75) is 6.61 Å². The summed E-state index contributed by atoms with van der Waals surface area (Å²) in [6.45, 7) is 0.438. The molecule has 1 aromatic heterocycles. The first-order chi connectivity index (χ1) is 12.1. The molecule has 0 atom stereocenters. The summed E-state index contributed by atoms with van der Waals surface area (Å²) < 4.78 is 5.73. The Morgan fingerprint density at radius 3 is 2.56 bits per heavy atom. The Morgan fingerprint density at radius 2 is 1.92 bits per heavy atom. The summed E-state index contributed by atoms with van der Waals surface area (Å²) in [5.41, 5.74) is 9.98. The number of anilines is 2. The fraction of sp³-hybridized carbons (Fsp3) is 0.0588. The van der Waals surface area contributed by atoms with Gasteiger partial charge in [-0.05, 0) is 17.7 Å². The molecule has 0 saturated carbocycles. The van der Waals surface area contributed by atoms with Gasteiger partial charge in [0.25, 0.3) is 0 Å². The molecule has 0 amide bonds. The largest absolute Gasteiger partial charge is 0.489 e. The number of benzene rings is 2. The van der Waals surface area contributed by atoms with E-state index in [4.69, 9.17) is 33.7 Å². The quantitative estimate of drug-likeness (QED) is 0.454. The van der Waals surface area contributed by atoms with Crippen molar-refractivity contribution < 1.29 is 4.74 Å². The molecule has 3 aromatic rings. The summed E-state index contributed by atoms with van der Waals surface area (Å²) >= 11 is 13.9. The van der Waals surface area contributed by atoms with Crippen LogP contribution in [-0.4, -0.2) is 11.2 Å². The molecule has 2 aromatic carbocycles. The highest BCUT2D eigenvalue weighted by Crippen LogP contribution is 2.29. The molecule has 0 aliphatic carbocycles. The van der Waals surface area contributed by atoms with Crippen LogP contribution < -0.4 is 15.9 Å². The van der Waals surface area contributed by atoms with Gasteiger partial charge in [-0.15, -0.1) is 11.3 Å². The van der Waals surface area contributed by atoms with Crippen molar-refractivity contribution in [2.75, 3.05) is 11.2 Å². The maximum absolute atomic E-state index is 6.29. The van der Waals surface area contributed by atoms with Crippen LogP contribution in [0.2, 0.25) is 10.0 Å². The minimum Gasteiger partial charge on any atom is -0.489 e. The Kier molecular flexibility index (Phi) is 5.75. The van der Waals surface area contributed by atoms with Crippen LogP contribution in [0.15, 0.2) is 52.9 Å². The van der Waals surface area contributed by atoms with E-state index in [9.17, 15) is 0 Å². The fourth-order valence-electron chi connectivity index (χ4n) is 2.00. The van der Waals surface area contributed by atoms with Crippen molar-refractivity contribution in [3.63, 3.8) is 0 Å². The lowest BCUT2D eigenvalue weighted by Gasteiger charge is -2.09. The highest BCUT2D eigenvalue weighted by Gasteiger charge is 2.08. The number of hydrogen-bond acceptors (Lipinski definition) is 6. The van der Waals surface area contributed by atoms with Crippen LogP contribution in [0.5, 0.6) is 5.75 Å². The number of nitrogens with one attached hydrogen (secondary N) is 1. The second-order valence-electron chi connectivity index (χ2n) is 5.02. The predicted octanol–water partition coefficient (Wildman–Crippen LogP) is 5.06. The lowest BCUT2D eigenvalue weighted by Crippen LogP contribution is -1.97. The zero-order valence-electron chi connectivity index (χ0n) is 12.9. The van der Waals surface area contributed by atoms with Crippen molar-refractivity contribution in [3.8, 4) is 5.75 Å². The topological polar surface area (TPSA) is 72.5 Å². The van der Waals surface area contributed by atoms with Gasteiger partial charge in [-0.2, -0.15) is 5.10 Å². The van der Waals surface area contributed by atoms with Gasteiger partial charge in [0, 0.05) is 10.9 Å². The van der Waals surface area contributed by atoms with E-state index < -0.39 is 0 Å². The van der Waals surface area contributed by atoms with Gasteiger partial charge in [0.05, 0.1) is 16.3 Å². The number of hydrazone groups is 1. The van der Waals surface area contributed by atoms with E-state index in [1.54, 1.807) is 17.5 Å². The number of rotatable bonds is 6. The van der Waals surface area contributed by atoms with E-state index in [1.807, 2.05) is 30.3 Å². The average Bonchev–Trinajstić information content (AvgIpc) is 3.02. The van der Waals surface area contributed by atoms with E-state index >= 15 is 0 Å². The first-order valence-corrected chi connectivity index (χ1v) is 8.91. The maximum atomic E-state index is 6.29.